The number of anilines is 1. The molecule has 0 atom stereocenters. The Bertz CT molecular complexity index is 1140. The van der Waals surface area contributed by atoms with Crippen LogP contribution in [0.15, 0.2) is 81.8 Å². The van der Waals surface area contributed by atoms with Crippen molar-refractivity contribution < 1.29 is 14.3 Å². The van der Waals surface area contributed by atoms with Crippen molar-refractivity contribution in [2.45, 2.75) is 26.3 Å². The summed E-state index contributed by atoms with van der Waals surface area (Å²) in [6.07, 6.45) is 1.65. The summed E-state index contributed by atoms with van der Waals surface area (Å²) in [6.45, 7) is 1.92. The number of esters is 1. The minimum absolute atomic E-state index is 0.0263. The lowest BCUT2D eigenvalue weighted by atomic mass is 10.3. The van der Waals surface area contributed by atoms with Crippen LogP contribution in [0.25, 0.3) is 0 Å². The standard InChI is InChI=1S/C23H23N5O4/c1-2-3-15-28-22(30)14-13-20(27-28)23(31)32-16-21(29)24-17-9-11-19(12-10-17)26-25-18-7-5-4-6-8-18/h4-14H,2-3,15-16H2,1H3,(H,24,29). The van der Waals surface area contributed by atoms with Gasteiger partial charge in [0.2, 0.25) is 0 Å². The van der Waals surface area contributed by atoms with Gasteiger partial charge in [-0.1, -0.05) is 31.5 Å². The summed E-state index contributed by atoms with van der Waals surface area (Å²) in [7, 11) is 0. The average Bonchev–Trinajstić information content (AvgIpc) is 2.82. The summed E-state index contributed by atoms with van der Waals surface area (Å²) in [4.78, 5) is 36.0. The zero-order valence-corrected chi connectivity index (χ0v) is 17.6. The van der Waals surface area contributed by atoms with Crippen molar-refractivity contribution >= 4 is 28.9 Å². The Kier molecular flexibility index (Phi) is 7.96. The Morgan fingerprint density at radius 2 is 1.66 bits per heavy atom. The van der Waals surface area contributed by atoms with Crippen molar-refractivity contribution in [2.75, 3.05) is 11.9 Å². The molecule has 0 spiro atoms. The summed E-state index contributed by atoms with van der Waals surface area (Å²) >= 11 is 0. The smallest absolute Gasteiger partial charge is 0.359 e. The third kappa shape index (κ3) is 6.69. The van der Waals surface area contributed by atoms with Crippen LogP contribution in [0.2, 0.25) is 0 Å². The summed E-state index contributed by atoms with van der Waals surface area (Å²) in [6, 6.07) is 18.6. The average molecular weight is 433 g/mol. The highest BCUT2D eigenvalue weighted by Crippen LogP contribution is 2.20. The van der Waals surface area contributed by atoms with Gasteiger partial charge >= 0.3 is 5.97 Å². The van der Waals surface area contributed by atoms with Gasteiger partial charge in [-0.2, -0.15) is 15.3 Å². The number of hydrogen-bond acceptors (Lipinski definition) is 7. The van der Waals surface area contributed by atoms with Crippen LogP contribution in [-0.2, 0) is 16.1 Å². The highest BCUT2D eigenvalue weighted by atomic mass is 16.5. The zero-order chi connectivity index (χ0) is 22.8. The number of carbonyl (C=O) groups excluding carboxylic acids is 2. The molecule has 0 bridgehead atoms. The predicted molar refractivity (Wildman–Crippen MR) is 119 cm³/mol. The maximum Gasteiger partial charge on any atom is 0.359 e. The Balaban J connectivity index is 1.51. The molecule has 9 nitrogen and oxygen atoms in total. The molecule has 9 heteroatoms. The van der Waals surface area contributed by atoms with Gasteiger partial charge in [-0.15, -0.1) is 0 Å². The van der Waals surface area contributed by atoms with Gasteiger partial charge in [0.25, 0.3) is 11.5 Å². The molecule has 1 heterocycles. The molecule has 0 aliphatic carbocycles. The first-order valence-corrected chi connectivity index (χ1v) is 10.2. The van der Waals surface area contributed by atoms with Crippen molar-refractivity contribution in [1.29, 1.82) is 0 Å². The Hall–Kier alpha value is -4.14. The summed E-state index contributed by atoms with van der Waals surface area (Å²) in [5.74, 6) is -1.28. The lowest BCUT2D eigenvalue weighted by Crippen LogP contribution is -2.26. The van der Waals surface area contributed by atoms with Crippen molar-refractivity contribution in [3.05, 3.63) is 82.8 Å². The topological polar surface area (TPSA) is 115 Å². The Labute approximate surface area is 184 Å². The second-order valence-corrected chi connectivity index (χ2v) is 6.84. The van der Waals surface area contributed by atoms with Gasteiger partial charge in [0.15, 0.2) is 12.3 Å². The minimum Gasteiger partial charge on any atom is -0.451 e. The van der Waals surface area contributed by atoms with E-state index in [0.29, 0.717) is 17.9 Å². The molecule has 0 fully saturated rings. The molecule has 0 aliphatic heterocycles. The maximum atomic E-state index is 12.2. The quantitative estimate of drug-likeness (QED) is 0.400. The second kappa shape index (κ2) is 11.3. The van der Waals surface area contributed by atoms with Gasteiger partial charge in [-0.25, -0.2) is 9.48 Å². The van der Waals surface area contributed by atoms with Crippen LogP contribution in [0.4, 0.5) is 17.1 Å². The van der Waals surface area contributed by atoms with E-state index in [0.717, 1.165) is 18.5 Å². The molecule has 164 valence electrons. The zero-order valence-electron chi connectivity index (χ0n) is 17.6. The summed E-state index contributed by atoms with van der Waals surface area (Å²) in [5.41, 5.74) is 1.57. The number of hydrogen-bond donors (Lipinski definition) is 1. The number of nitrogens with zero attached hydrogens (tertiary/aromatic N) is 4. The van der Waals surface area contributed by atoms with Crippen LogP contribution in [-0.4, -0.2) is 28.3 Å². The van der Waals surface area contributed by atoms with Crippen LogP contribution >= 0.6 is 0 Å². The largest absolute Gasteiger partial charge is 0.451 e. The van der Waals surface area contributed by atoms with Crippen LogP contribution < -0.4 is 10.9 Å². The van der Waals surface area contributed by atoms with E-state index in [1.54, 1.807) is 24.3 Å². The number of amides is 1. The molecule has 1 aromatic heterocycles. The molecule has 1 N–H and O–H groups in total. The van der Waals surface area contributed by atoms with Gasteiger partial charge in [0.1, 0.15) is 0 Å². The monoisotopic (exact) mass is 433 g/mol. The van der Waals surface area contributed by atoms with E-state index in [1.807, 2.05) is 37.3 Å². The molecule has 0 saturated carbocycles. The first-order valence-electron chi connectivity index (χ1n) is 10.2. The van der Waals surface area contributed by atoms with E-state index < -0.39 is 18.5 Å². The number of nitrogens with one attached hydrogen (secondary N) is 1. The van der Waals surface area contributed by atoms with Gasteiger partial charge in [0.05, 0.1) is 11.4 Å². The number of ether oxygens (including phenoxy) is 1. The van der Waals surface area contributed by atoms with Crippen LogP contribution in [0, 0.1) is 0 Å². The molecule has 3 rings (SSSR count). The lowest BCUT2D eigenvalue weighted by Gasteiger charge is -2.08. The van der Waals surface area contributed by atoms with E-state index >= 15 is 0 Å². The number of aryl methyl sites for hydroxylation is 1. The van der Waals surface area contributed by atoms with Crippen molar-refractivity contribution in [3.63, 3.8) is 0 Å². The highest BCUT2D eigenvalue weighted by molar-refractivity contribution is 5.94. The Morgan fingerprint density at radius 3 is 2.34 bits per heavy atom. The molecule has 1 amide bonds. The summed E-state index contributed by atoms with van der Waals surface area (Å²) < 4.78 is 6.23. The number of unbranched alkanes of at least 4 members (excludes halogenated alkanes) is 1. The molecule has 3 aromatic rings. The van der Waals surface area contributed by atoms with Crippen LogP contribution in [0.1, 0.15) is 30.3 Å². The van der Waals surface area contributed by atoms with E-state index in [1.165, 1.54) is 16.8 Å². The SMILES string of the molecule is CCCCn1nc(C(=O)OCC(=O)Nc2ccc(N=Nc3ccccc3)cc2)ccc1=O. The fourth-order valence-corrected chi connectivity index (χ4v) is 2.65. The predicted octanol–water partition coefficient (Wildman–Crippen LogP) is 4.25. The van der Waals surface area contributed by atoms with E-state index in [2.05, 4.69) is 20.6 Å². The molecular weight excluding hydrogens is 410 g/mol. The number of aromatic nitrogens is 2. The minimum atomic E-state index is -0.776. The molecule has 0 saturated heterocycles. The fourth-order valence-electron chi connectivity index (χ4n) is 2.65. The second-order valence-electron chi connectivity index (χ2n) is 6.84. The van der Waals surface area contributed by atoms with Gasteiger partial charge in [0, 0.05) is 18.3 Å². The van der Waals surface area contributed by atoms with Crippen molar-refractivity contribution in [2.24, 2.45) is 10.2 Å². The third-order valence-corrected chi connectivity index (χ3v) is 4.32. The Morgan fingerprint density at radius 1 is 0.969 bits per heavy atom. The summed E-state index contributed by atoms with van der Waals surface area (Å²) in [5, 5.41) is 14.9. The van der Waals surface area contributed by atoms with Crippen LogP contribution in [0.5, 0.6) is 0 Å². The number of carbonyl (C=O) groups is 2. The highest BCUT2D eigenvalue weighted by Gasteiger charge is 2.13. The van der Waals surface area contributed by atoms with Crippen molar-refractivity contribution in [3.8, 4) is 0 Å². The first-order chi connectivity index (χ1) is 15.5. The third-order valence-electron chi connectivity index (χ3n) is 4.32. The molecular formula is C23H23N5O4. The number of azo groups is 1. The van der Waals surface area contributed by atoms with Crippen LogP contribution in [0.3, 0.4) is 0 Å². The van der Waals surface area contributed by atoms with E-state index in [-0.39, 0.29) is 11.3 Å². The number of benzene rings is 2. The maximum absolute atomic E-state index is 12.2. The molecule has 32 heavy (non-hydrogen) atoms. The van der Waals surface area contributed by atoms with Crippen molar-refractivity contribution in [1.82, 2.24) is 9.78 Å². The normalized spacial score (nSPS) is 10.8. The van der Waals surface area contributed by atoms with Gasteiger partial charge in [-0.05, 0) is 48.9 Å². The first kappa shape index (κ1) is 22.5. The van der Waals surface area contributed by atoms with Gasteiger partial charge in [-0.3, -0.25) is 9.59 Å². The number of rotatable bonds is 9. The lowest BCUT2D eigenvalue weighted by molar-refractivity contribution is -0.119. The molecule has 0 aliphatic rings. The fraction of sp³-hybridized carbons (Fsp3) is 0.217. The van der Waals surface area contributed by atoms with Gasteiger partial charge < -0.3 is 10.1 Å². The molecule has 0 unspecified atom stereocenters. The molecule has 2 aromatic carbocycles. The van der Waals surface area contributed by atoms with E-state index in [9.17, 15) is 14.4 Å². The van der Waals surface area contributed by atoms with E-state index in [4.69, 9.17) is 4.74 Å². The molecule has 0 radical (unpaired) electrons.